The highest BCUT2D eigenvalue weighted by atomic mass is 19.1. The lowest BCUT2D eigenvalue weighted by Crippen LogP contribution is -2.39. The quantitative estimate of drug-likeness (QED) is 0.717. The number of carbonyl (C=O) groups excluding carboxylic acids is 1. The molecule has 0 saturated carbocycles. The fourth-order valence-electron chi connectivity index (χ4n) is 3.29. The molecule has 2 aromatic carbocycles. The Morgan fingerprint density at radius 3 is 2.71 bits per heavy atom. The number of carbonyl (C=O) groups is 1. The summed E-state index contributed by atoms with van der Waals surface area (Å²) in [7, 11) is 0. The van der Waals surface area contributed by atoms with E-state index in [1.165, 1.54) is 12.1 Å². The van der Waals surface area contributed by atoms with Crippen LogP contribution in [0.1, 0.15) is 22.4 Å². The molecule has 0 fully saturated rings. The Kier molecular flexibility index (Phi) is 4.77. The first-order valence-corrected chi connectivity index (χ1v) is 9.23. The maximum atomic E-state index is 13.1. The van der Waals surface area contributed by atoms with Crippen molar-refractivity contribution in [2.45, 2.75) is 26.8 Å². The van der Waals surface area contributed by atoms with Gasteiger partial charge in [-0.05, 0) is 55.3 Å². The Labute approximate surface area is 163 Å². The molecule has 5 nitrogen and oxygen atoms in total. The predicted octanol–water partition coefficient (Wildman–Crippen LogP) is 4.49. The minimum absolute atomic E-state index is 0.123. The second-order valence-electron chi connectivity index (χ2n) is 7.09. The number of rotatable bonds is 2. The van der Waals surface area contributed by atoms with Gasteiger partial charge >= 0.3 is 6.03 Å². The maximum absolute atomic E-state index is 13.1. The third-order valence-electron chi connectivity index (χ3n) is 4.96. The van der Waals surface area contributed by atoms with E-state index in [9.17, 15) is 9.18 Å². The fraction of sp³-hybridized carbons (Fsp3) is 0.227. The third kappa shape index (κ3) is 3.71. The van der Waals surface area contributed by atoms with E-state index in [-0.39, 0.29) is 11.8 Å². The number of hydrogen-bond acceptors (Lipinski definition) is 3. The normalized spacial score (nSPS) is 13.2. The van der Waals surface area contributed by atoms with E-state index in [2.05, 4.69) is 15.3 Å². The van der Waals surface area contributed by atoms with Crippen LogP contribution < -0.4 is 5.32 Å². The van der Waals surface area contributed by atoms with Crippen molar-refractivity contribution < 1.29 is 9.18 Å². The van der Waals surface area contributed by atoms with Gasteiger partial charge in [0.25, 0.3) is 0 Å². The zero-order valence-electron chi connectivity index (χ0n) is 15.9. The minimum Gasteiger partial charge on any atom is -0.320 e. The molecule has 1 aliphatic heterocycles. The standard InChI is InChI=1S/C22H21FN4O/c1-14-3-4-15(2)20(11-14)26-22(28)27-10-9-19-17(13-27)12-24-21(25-19)16-5-7-18(23)8-6-16/h3-8,11-12H,9-10,13H2,1-2H3,(H,26,28). The summed E-state index contributed by atoms with van der Waals surface area (Å²) < 4.78 is 13.1. The molecule has 0 saturated heterocycles. The van der Waals surface area contributed by atoms with Crippen LogP contribution in [0.5, 0.6) is 0 Å². The number of benzene rings is 2. The number of anilines is 1. The largest absolute Gasteiger partial charge is 0.322 e. The molecule has 0 unspecified atom stereocenters. The Balaban J connectivity index is 1.49. The number of urea groups is 1. The molecule has 3 aromatic rings. The minimum atomic E-state index is -0.285. The van der Waals surface area contributed by atoms with E-state index in [1.54, 1.807) is 23.2 Å². The van der Waals surface area contributed by atoms with E-state index in [1.807, 2.05) is 32.0 Å². The molecule has 2 amide bonds. The Bertz CT molecular complexity index is 1030. The van der Waals surface area contributed by atoms with Crippen LogP contribution in [0.4, 0.5) is 14.9 Å². The predicted molar refractivity (Wildman–Crippen MR) is 106 cm³/mol. The molecule has 142 valence electrons. The monoisotopic (exact) mass is 376 g/mol. The highest BCUT2D eigenvalue weighted by molar-refractivity contribution is 5.90. The zero-order chi connectivity index (χ0) is 19.7. The van der Waals surface area contributed by atoms with Crippen molar-refractivity contribution in [3.05, 3.63) is 76.9 Å². The second-order valence-corrected chi connectivity index (χ2v) is 7.09. The Hall–Kier alpha value is -3.28. The van der Waals surface area contributed by atoms with Gasteiger partial charge in [0.1, 0.15) is 5.82 Å². The highest BCUT2D eigenvalue weighted by Gasteiger charge is 2.23. The summed E-state index contributed by atoms with van der Waals surface area (Å²) in [5, 5.41) is 3.00. The maximum Gasteiger partial charge on any atom is 0.322 e. The van der Waals surface area contributed by atoms with Gasteiger partial charge in [-0.15, -0.1) is 0 Å². The molecule has 0 spiro atoms. The first-order chi connectivity index (χ1) is 13.5. The van der Waals surface area contributed by atoms with Gasteiger partial charge in [-0.2, -0.15) is 0 Å². The summed E-state index contributed by atoms with van der Waals surface area (Å²) in [5.41, 5.74) is 5.62. The van der Waals surface area contributed by atoms with Crippen LogP contribution in [0.3, 0.4) is 0 Å². The molecule has 0 bridgehead atoms. The van der Waals surface area contributed by atoms with Crippen LogP contribution in [0, 0.1) is 19.7 Å². The average molecular weight is 376 g/mol. The number of fused-ring (bicyclic) bond motifs is 1. The molecule has 4 rings (SSSR count). The van der Waals surface area contributed by atoms with Crippen molar-refractivity contribution in [3.8, 4) is 11.4 Å². The average Bonchev–Trinajstić information content (AvgIpc) is 2.70. The lowest BCUT2D eigenvalue weighted by Gasteiger charge is -2.28. The smallest absolute Gasteiger partial charge is 0.320 e. The van der Waals surface area contributed by atoms with Crippen LogP contribution in [0.25, 0.3) is 11.4 Å². The lowest BCUT2D eigenvalue weighted by molar-refractivity contribution is 0.206. The third-order valence-corrected chi connectivity index (χ3v) is 4.96. The molecule has 0 aliphatic carbocycles. The van der Waals surface area contributed by atoms with Crippen LogP contribution in [0.15, 0.2) is 48.7 Å². The zero-order valence-corrected chi connectivity index (χ0v) is 15.9. The summed E-state index contributed by atoms with van der Waals surface area (Å²) in [6.07, 6.45) is 2.42. The molecule has 28 heavy (non-hydrogen) atoms. The summed E-state index contributed by atoms with van der Waals surface area (Å²) in [4.78, 5) is 23.5. The van der Waals surface area contributed by atoms with Crippen molar-refractivity contribution >= 4 is 11.7 Å². The number of halogens is 1. The molecule has 2 heterocycles. The van der Waals surface area contributed by atoms with E-state index in [0.29, 0.717) is 25.3 Å². The summed E-state index contributed by atoms with van der Waals surface area (Å²) >= 11 is 0. The van der Waals surface area contributed by atoms with Gasteiger partial charge in [-0.1, -0.05) is 12.1 Å². The Morgan fingerprint density at radius 2 is 1.93 bits per heavy atom. The number of aryl methyl sites for hydroxylation is 2. The highest BCUT2D eigenvalue weighted by Crippen LogP contribution is 2.23. The van der Waals surface area contributed by atoms with E-state index in [0.717, 1.165) is 33.6 Å². The fourth-order valence-corrected chi connectivity index (χ4v) is 3.29. The van der Waals surface area contributed by atoms with E-state index < -0.39 is 0 Å². The molecule has 1 N–H and O–H groups in total. The van der Waals surface area contributed by atoms with Gasteiger partial charge in [0.2, 0.25) is 0 Å². The van der Waals surface area contributed by atoms with Gasteiger partial charge in [0.15, 0.2) is 5.82 Å². The molecule has 0 atom stereocenters. The van der Waals surface area contributed by atoms with Gasteiger partial charge in [0.05, 0.1) is 12.2 Å². The topological polar surface area (TPSA) is 58.1 Å². The second kappa shape index (κ2) is 7.38. The van der Waals surface area contributed by atoms with Crippen molar-refractivity contribution in [1.29, 1.82) is 0 Å². The van der Waals surface area contributed by atoms with Gasteiger partial charge in [-0.25, -0.2) is 19.2 Å². The van der Waals surface area contributed by atoms with Crippen molar-refractivity contribution in [3.63, 3.8) is 0 Å². The summed E-state index contributed by atoms with van der Waals surface area (Å²) in [5.74, 6) is 0.291. The van der Waals surface area contributed by atoms with Gasteiger partial charge < -0.3 is 10.2 Å². The molecular weight excluding hydrogens is 355 g/mol. The van der Waals surface area contributed by atoms with Crippen molar-refractivity contribution in [1.82, 2.24) is 14.9 Å². The molecular formula is C22H21FN4O. The van der Waals surface area contributed by atoms with E-state index >= 15 is 0 Å². The molecule has 6 heteroatoms. The van der Waals surface area contributed by atoms with Crippen molar-refractivity contribution in [2.24, 2.45) is 0 Å². The number of nitrogens with one attached hydrogen (secondary N) is 1. The lowest BCUT2D eigenvalue weighted by atomic mass is 10.1. The number of amides is 2. The van der Waals surface area contributed by atoms with Crippen LogP contribution in [-0.2, 0) is 13.0 Å². The van der Waals surface area contributed by atoms with Crippen LogP contribution >= 0.6 is 0 Å². The van der Waals surface area contributed by atoms with Crippen LogP contribution in [-0.4, -0.2) is 27.4 Å². The number of hydrogen-bond donors (Lipinski definition) is 1. The van der Waals surface area contributed by atoms with Gasteiger partial charge in [-0.3, -0.25) is 0 Å². The Morgan fingerprint density at radius 1 is 1.14 bits per heavy atom. The van der Waals surface area contributed by atoms with Gasteiger partial charge in [0, 0.05) is 36.0 Å². The van der Waals surface area contributed by atoms with E-state index in [4.69, 9.17) is 0 Å². The molecule has 0 radical (unpaired) electrons. The summed E-state index contributed by atoms with van der Waals surface area (Å²) in [6.45, 7) is 5.03. The SMILES string of the molecule is Cc1ccc(C)c(NC(=O)N2CCc3nc(-c4ccc(F)cc4)ncc3C2)c1. The van der Waals surface area contributed by atoms with Crippen LogP contribution in [0.2, 0.25) is 0 Å². The first-order valence-electron chi connectivity index (χ1n) is 9.23. The first kappa shape index (κ1) is 18.1. The number of aromatic nitrogens is 2. The number of nitrogens with zero attached hydrogens (tertiary/aromatic N) is 3. The summed E-state index contributed by atoms with van der Waals surface area (Å²) in [6, 6.07) is 12.0. The molecule has 1 aromatic heterocycles. The molecule has 1 aliphatic rings. The van der Waals surface area contributed by atoms with Crippen molar-refractivity contribution in [2.75, 3.05) is 11.9 Å².